The van der Waals surface area contributed by atoms with Gasteiger partial charge in [0.05, 0.1) is 17.7 Å². The first-order valence-electron chi connectivity index (χ1n) is 9.25. The Bertz CT molecular complexity index is 1080. The summed E-state index contributed by atoms with van der Waals surface area (Å²) in [5.41, 5.74) is 4.60. The number of hydrogen-bond acceptors (Lipinski definition) is 5. The predicted octanol–water partition coefficient (Wildman–Crippen LogP) is 4.13. The standard InChI is InChI=1S/C21H17F4N3O3S/c1-12(31-17-8-6-15(22)7-9-17)19(30)28-27-18(29)10-16-11-32-20(26-16)13-2-4-14(5-3-13)21(23,24)25/h2-9,11-12H,10H2,1H3,(H,27,29)(H,28,30). The van der Waals surface area contributed by atoms with Gasteiger partial charge in [0.2, 0.25) is 5.91 Å². The van der Waals surface area contributed by atoms with Gasteiger partial charge in [0.15, 0.2) is 6.10 Å². The third-order valence-electron chi connectivity index (χ3n) is 4.17. The molecule has 2 amide bonds. The van der Waals surface area contributed by atoms with E-state index in [9.17, 15) is 27.2 Å². The van der Waals surface area contributed by atoms with Crippen LogP contribution in [0.4, 0.5) is 17.6 Å². The van der Waals surface area contributed by atoms with Gasteiger partial charge in [-0.3, -0.25) is 20.4 Å². The van der Waals surface area contributed by atoms with Crippen molar-refractivity contribution < 1.29 is 31.9 Å². The van der Waals surface area contributed by atoms with Crippen LogP contribution < -0.4 is 15.6 Å². The molecule has 168 valence electrons. The van der Waals surface area contributed by atoms with Gasteiger partial charge in [0, 0.05) is 10.9 Å². The third kappa shape index (κ3) is 6.27. The lowest BCUT2D eigenvalue weighted by Crippen LogP contribution is -2.47. The molecule has 2 aromatic carbocycles. The fourth-order valence-corrected chi connectivity index (χ4v) is 3.36. The van der Waals surface area contributed by atoms with E-state index in [0.29, 0.717) is 22.0 Å². The summed E-state index contributed by atoms with van der Waals surface area (Å²) >= 11 is 1.18. The lowest BCUT2D eigenvalue weighted by molar-refractivity contribution is -0.137. The fourth-order valence-electron chi connectivity index (χ4n) is 2.53. The van der Waals surface area contributed by atoms with E-state index in [4.69, 9.17) is 4.74 Å². The summed E-state index contributed by atoms with van der Waals surface area (Å²) in [5, 5.41) is 2.07. The summed E-state index contributed by atoms with van der Waals surface area (Å²) in [7, 11) is 0. The number of benzene rings is 2. The Kier molecular flexibility index (Phi) is 7.08. The molecule has 3 rings (SSSR count). The van der Waals surface area contributed by atoms with Crippen LogP contribution in [-0.2, 0) is 22.2 Å². The number of hydrazine groups is 1. The number of aromatic nitrogens is 1. The van der Waals surface area contributed by atoms with Crippen molar-refractivity contribution in [2.75, 3.05) is 0 Å². The number of nitrogens with one attached hydrogen (secondary N) is 2. The molecule has 0 saturated carbocycles. The number of thiazole rings is 1. The summed E-state index contributed by atoms with van der Waals surface area (Å²) in [4.78, 5) is 28.4. The summed E-state index contributed by atoms with van der Waals surface area (Å²) in [6.07, 6.45) is -5.52. The van der Waals surface area contributed by atoms with Crippen molar-refractivity contribution in [1.82, 2.24) is 15.8 Å². The molecule has 0 radical (unpaired) electrons. The maximum Gasteiger partial charge on any atom is 0.416 e. The number of halogens is 4. The molecule has 32 heavy (non-hydrogen) atoms. The predicted molar refractivity (Wildman–Crippen MR) is 109 cm³/mol. The third-order valence-corrected chi connectivity index (χ3v) is 5.11. The molecule has 0 aliphatic heterocycles. The molecule has 1 heterocycles. The van der Waals surface area contributed by atoms with Crippen LogP contribution in [0.1, 0.15) is 18.2 Å². The van der Waals surface area contributed by atoms with Crippen molar-refractivity contribution >= 4 is 23.2 Å². The number of carbonyl (C=O) groups is 2. The lowest BCUT2D eigenvalue weighted by Gasteiger charge is -2.15. The van der Waals surface area contributed by atoms with Gasteiger partial charge in [-0.05, 0) is 43.3 Å². The summed E-state index contributed by atoms with van der Waals surface area (Å²) in [6.45, 7) is 1.46. The van der Waals surface area contributed by atoms with E-state index in [0.717, 1.165) is 12.1 Å². The Morgan fingerprint density at radius 2 is 1.72 bits per heavy atom. The fraction of sp³-hybridized carbons (Fsp3) is 0.190. The highest BCUT2D eigenvalue weighted by molar-refractivity contribution is 7.13. The maximum absolute atomic E-state index is 12.9. The van der Waals surface area contributed by atoms with Gasteiger partial charge in [0.25, 0.3) is 5.91 Å². The van der Waals surface area contributed by atoms with Crippen LogP contribution in [-0.4, -0.2) is 22.9 Å². The minimum atomic E-state index is -4.42. The van der Waals surface area contributed by atoms with E-state index in [1.807, 2.05) is 0 Å². The Hall–Kier alpha value is -3.47. The van der Waals surface area contributed by atoms with Gasteiger partial charge < -0.3 is 4.74 Å². The van der Waals surface area contributed by atoms with Gasteiger partial charge in [-0.25, -0.2) is 9.37 Å². The SMILES string of the molecule is CC(Oc1ccc(F)cc1)C(=O)NNC(=O)Cc1csc(-c2ccc(C(F)(F)F)cc2)n1. The molecular weight excluding hydrogens is 450 g/mol. The van der Waals surface area contributed by atoms with Gasteiger partial charge in [-0.2, -0.15) is 13.2 Å². The first-order valence-corrected chi connectivity index (χ1v) is 10.1. The number of nitrogens with zero attached hydrogens (tertiary/aromatic N) is 1. The number of rotatable bonds is 6. The lowest BCUT2D eigenvalue weighted by atomic mass is 10.1. The van der Waals surface area contributed by atoms with Crippen LogP contribution >= 0.6 is 11.3 Å². The molecule has 2 N–H and O–H groups in total. The van der Waals surface area contributed by atoms with Crippen molar-refractivity contribution in [3.63, 3.8) is 0 Å². The normalized spacial score (nSPS) is 12.2. The average Bonchev–Trinajstić information content (AvgIpc) is 3.21. The second kappa shape index (κ2) is 9.77. The van der Waals surface area contributed by atoms with Crippen LogP contribution in [0.3, 0.4) is 0 Å². The van der Waals surface area contributed by atoms with Crippen molar-refractivity contribution in [3.8, 4) is 16.3 Å². The van der Waals surface area contributed by atoms with Crippen LogP contribution in [0.25, 0.3) is 10.6 Å². The van der Waals surface area contributed by atoms with E-state index < -0.39 is 35.5 Å². The molecule has 11 heteroatoms. The first-order chi connectivity index (χ1) is 15.1. The molecule has 1 aromatic heterocycles. The topological polar surface area (TPSA) is 80.3 Å². The number of carbonyl (C=O) groups excluding carboxylic acids is 2. The minimum Gasteiger partial charge on any atom is -0.481 e. The molecule has 0 bridgehead atoms. The van der Waals surface area contributed by atoms with Crippen LogP contribution in [0.15, 0.2) is 53.9 Å². The highest BCUT2D eigenvalue weighted by atomic mass is 32.1. The molecule has 1 atom stereocenters. The van der Waals surface area contributed by atoms with Gasteiger partial charge in [0.1, 0.15) is 16.6 Å². The zero-order valence-electron chi connectivity index (χ0n) is 16.6. The maximum atomic E-state index is 12.9. The molecule has 3 aromatic rings. The van der Waals surface area contributed by atoms with E-state index in [2.05, 4.69) is 15.8 Å². The van der Waals surface area contributed by atoms with Crippen molar-refractivity contribution in [2.45, 2.75) is 25.6 Å². The molecular formula is C21H17F4N3O3S. The number of ether oxygens (including phenoxy) is 1. The molecule has 1 unspecified atom stereocenters. The number of hydrogen-bond donors (Lipinski definition) is 2. The van der Waals surface area contributed by atoms with Gasteiger partial charge in [-0.15, -0.1) is 11.3 Å². The van der Waals surface area contributed by atoms with Crippen LogP contribution in [0.2, 0.25) is 0 Å². The molecule has 6 nitrogen and oxygen atoms in total. The minimum absolute atomic E-state index is 0.148. The van der Waals surface area contributed by atoms with Gasteiger partial charge >= 0.3 is 6.18 Å². The van der Waals surface area contributed by atoms with E-state index in [-0.39, 0.29) is 6.42 Å². The summed E-state index contributed by atoms with van der Waals surface area (Å²) < 4.78 is 56.2. The van der Waals surface area contributed by atoms with Crippen molar-refractivity contribution in [2.24, 2.45) is 0 Å². The highest BCUT2D eigenvalue weighted by Gasteiger charge is 2.30. The van der Waals surface area contributed by atoms with E-state index in [1.165, 1.54) is 54.7 Å². The Labute approximate surface area is 184 Å². The van der Waals surface area contributed by atoms with Crippen molar-refractivity contribution in [1.29, 1.82) is 0 Å². The second-order valence-electron chi connectivity index (χ2n) is 6.65. The first kappa shape index (κ1) is 23.2. The van der Waals surface area contributed by atoms with Crippen LogP contribution in [0, 0.1) is 5.82 Å². The Morgan fingerprint density at radius 3 is 2.34 bits per heavy atom. The van der Waals surface area contributed by atoms with Crippen molar-refractivity contribution in [3.05, 3.63) is 71.0 Å². The quantitative estimate of drug-likeness (QED) is 0.422. The average molecular weight is 467 g/mol. The molecule has 0 spiro atoms. The van der Waals surface area contributed by atoms with Gasteiger partial charge in [-0.1, -0.05) is 12.1 Å². The number of amides is 2. The monoisotopic (exact) mass is 467 g/mol. The summed E-state index contributed by atoms with van der Waals surface area (Å²) in [5.74, 6) is -1.31. The Balaban J connectivity index is 1.49. The smallest absolute Gasteiger partial charge is 0.416 e. The molecule has 0 saturated heterocycles. The van der Waals surface area contributed by atoms with Crippen LogP contribution in [0.5, 0.6) is 5.75 Å². The highest BCUT2D eigenvalue weighted by Crippen LogP contribution is 2.31. The Morgan fingerprint density at radius 1 is 1.06 bits per heavy atom. The van der Waals surface area contributed by atoms with E-state index in [1.54, 1.807) is 5.38 Å². The molecule has 0 aliphatic rings. The second-order valence-corrected chi connectivity index (χ2v) is 7.51. The zero-order chi connectivity index (χ0) is 23.3. The summed E-state index contributed by atoms with van der Waals surface area (Å²) in [6, 6.07) is 9.68. The zero-order valence-corrected chi connectivity index (χ0v) is 17.4. The molecule has 0 aliphatic carbocycles. The van der Waals surface area contributed by atoms with E-state index >= 15 is 0 Å². The largest absolute Gasteiger partial charge is 0.481 e. The molecule has 0 fully saturated rings. The number of alkyl halides is 3.